The minimum absolute atomic E-state index is 0.827. The number of hydrogen-bond acceptors (Lipinski definition) is 2. The summed E-state index contributed by atoms with van der Waals surface area (Å²) in [5, 5.41) is 8.13. The van der Waals surface area contributed by atoms with Crippen molar-refractivity contribution in [2.24, 2.45) is 30.7 Å². The van der Waals surface area contributed by atoms with Crippen molar-refractivity contribution >= 4 is 0 Å². The number of aryl methyl sites for hydroxylation is 1. The van der Waals surface area contributed by atoms with E-state index in [0.29, 0.717) is 0 Å². The third-order valence-electron chi connectivity index (χ3n) is 5.02. The van der Waals surface area contributed by atoms with Crippen LogP contribution in [0.4, 0.5) is 0 Å². The molecule has 1 aromatic heterocycles. The van der Waals surface area contributed by atoms with Gasteiger partial charge >= 0.3 is 0 Å². The fraction of sp³-hybridized carbons (Fsp3) is 0.769. The molecule has 0 amide bonds. The normalized spacial score (nSPS) is 43.7. The van der Waals surface area contributed by atoms with Crippen LogP contribution < -0.4 is 5.32 Å². The lowest BCUT2D eigenvalue weighted by Gasteiger charge is -2.09. The third-order valence-corrected chi connectivity index (χ3v) is 5.02. The van der Waals surface area contributed by atoms with Crippen LogP contribution in [0.1, 0.15) is 25.0 Å². The summed E-state index contributed by atoms with van der Waals surface area (Å²) in [5.74, 6) is 4.19. The van der Waals surface area contributed by atoms with E-state index in [1.807, 2.05) is 17.9 Å². The molecule has 3 nitrogen and oxygen atoms in total. The van der Waals surface area contributed by atoms with Gasteiger partial charge in [-0.3, -0.25) is 4.68 Å². The van der Waals surface area contributed by atoms with Crippen LogP contribution in [0.25, 0.3) is 0 Å². The van der Waals surface area contributed by atoms with Crippen LogP contribution in [0.3, 0.4) is 0 Å². The summed E-state index contributed by atoms with van der Waals surface area (Å²) in [4.78, 5) is 0. The zero-order chi connectivity index (χ0) is 10.7. The Labute approximate surface area is 96.2 Å². The number of aromatic nitrogens is 2. The zero-order valence-electron chi connectivity index (χ0n) is 9.76. The number of fused-ring (bicyclic) bond motifs is 5. The first-order valence-electron chi connectivity index (χ1n) is 6.55. The van der Waals surface area contributed by atoms with E-state index < -0.39 is 0 Å². The van der Waals surface area contributed by atoms with E-state index in [0.717, 1.165) is 36.3 Å². The first-order chi connectivity index (χ1) is 7.83. The minimum atomic E-state index is 0.827. The summed E-state index contributed by atoms with van der Waals surface area (Å²) in [6.07, 6.45) is 6.58. The molecule has 16 heavy (non-hydrogen) atoms. The van der Waals surface area contributed by atoms with E-state index in [1.165, 1.54) is 25.0 Å². The first-order valence-corrected chi connectivity index (χ1v) is 6.55. The highest BCUT2D eigenvalue weighted by Gasteiger charge is 2.64. The molecule has 3 aliphatic rings. The maximum Gasteiger partial charge on any atom is 0.0762 e. The Bertz CT molecular complexity index is 395. The Balaban J connectivity index is 1.37. The molecule has 0 radical (unpaired) electrons. The summed E-state index contributed by atoms with van der Waals surface area (Å²) >= 11 is 0. The smallest absolute Gasteiger partial charge is 0.0762 e. The summed E-state index contributed by atoms with van der Waals surface area (Å²) in [5.41, 5.74) is 1.18. The topological polar surface area (TPSA) is 29.9 Å². The van der Waals surface area contributed by atoms with E-state index in [-0.39, 0.29) is 0 Å². The molecule has 3 fully saturated rings. The average Bonchev–Trinajstić information content (AvgIpc) is 2.70. The van der Waals surface area contributed by atoms with Crippen molar-refractivity contribution in [3.05, 3.63) is 18.0 Å². The maximum atomic E-state index is 4.41. The Morgan fingerprint density at radius 2 is 2.12 bits per heavy atom. The van der Waals surface area contributed by atoms with Crippen molar-refractivity contribution in [1.82, 2.24) is 15.1 Å². The second-order valence-corrected chi connectivity index (χ2v) is 5.88. The summed E-state index contributed by atoms with van der Waals surface area (Å²) in [6, 6.07) is 2.94. The molecule has 4 atom stereocenters. The SMILES string of the molecule is Cn1ccc(CNC2C3C4CCC(C4)C23)n1. The van der Waals surface area contributed by atoms with E-state index >= 15 is 0 Å². The summed E-state index contributed by atoms with van der Waals surface area (Å²) < 4.78 is 1.88. The number of nitrogens with one attached hydrogen (secondary N) is 1. The van der Waals surface area contributed by atoms with E-state index in [1.54, 1.807) is 0 Å². The fourth-order valence-corrected chi connectivity index (χ4v) is 4.38. The van der Waals surface area contributed by atoms with Crippen LogP contribution in [-0.2, 0) is 13.6 Å². The predicted octanol–water partition coefficient (Wildman–Crippen LogP) is 1.55. The molecular weight excluding hydrogens is 198 g/mol. The van der Waals surface area contributed by atoms with Crippen LogP contribution in [0.2, 0.25) is 0 Å². The van der Waals surface area contributed by atoms with Crippen LogP contribution >= 0.6 is 0 Å². The van der Waals surface area contributed by atoms with Gasteiger partial charge in [0.25, 0.3) is 0 Å². The summed E-state index contributed by atoms with van der Waals surface area (Å²) in [6.45, 7) is 0.956. The Morgan fingerprint density at radius 3 is 2.75 bits per heavy atom. The minimum Gasteiger partial charge on any atom is -0.308 e. The van der Waals surface area contributed by atoms with Gasteiger partial charge < -0.3 is 5.32 Å². The molecule has 2 bridgehead atoms. The highest BCUT2D eigenvalue weighted by atomic mass is 15.3. The van der Waals surface area contributed by atoms with Crippen molar-refractivity contribution < 1.29 is 0 Å². The van der Waals surface area contributed by atoms with Gasteiger partial charge in [0, 0.05) is 25.8 Å². The molecule has 86 valence electrons. The monoisotopic (exact) mass is 217 g/mol. The lowest BCUT2D eigenvalue weighted by atomic mass is 10.0. The average molecular weight is 217 g/mol. The highest BCUT2D eigenvalue weighted by molar-refractivity contribution is 5.17. The van der Waals surface area contributed by atoms with Crippen LogP contribution in [0.5, 0.6) is 0 Å². The standard InChI is InChI=1S/C13H19N3/c1-16-5-4-10(15-16)7-14-13-11-8-2-3-9(6-8)12(11)13/h4-5,8-9,11-14H,2-3,6-7H2,1H3. The van der Waals surface area contributed by atoms with Crippen molar-refractivity contribution in [1.29, 1.82) is 0 Å². The molecule has 0 aliphatic heterocycles. The van der Waals surface area contributed by atoms with Crippen LogP contribution in [-0.4, -0.2) is 15.8 Å². The van der Waals surface area contributed by atoms with Gasteiger partial charge in [-0.05, 0) is 49.0 Å². The van der Waals surface area contributed by atoms with Crippen molar-refractivity contribution in [2.75, 3.05) is 0 Å². The third kappa shape index (κ3) is 1.21. The molecule has 0 aromatic carbocycles. The molecule has 3 saturated carbocycles. The largest absolute Gasteiger partial charge is 0.308 e. The quantitative estimate of drug-likeness (QED) is 0.832. The predicted molar refractivity (Wildman–Crippen MR) is 61.6 cm³/mol. The second kappa shape index (κ2) is 3.10. The molecule has 1 N–H and O–H groups in total. The molecule has 1 aromatic rings. The van der Waals surface area contributed by atoms with Gasteiger partial charge in [-0.2, -0.15) is 5.10 Å². The Kier molecular flexibility index (Phi) is 1.79. The zero-order valence-corrected chi connectivity index (χ0v) is 9.76. The molecule has 0 saturated heterocycles. The maximum absolute atomic E-state index is 4.41. The molecule has 0 spiro atoms. The Hall–Kier alpha value is -0.830. The molecule has 4 unspecified atom stereocenters. The lowest BCUT2D eigenvalue weighted by molar-refractivity contribution is 0.456. The van der Waals surface area contributed by atoms with Gasteiger partial charge in [0.15, 0.2) is 0 Å². The molecule has 4 rings (SSSR count). The van der Waals surface area contributed by atoms with Gasteiger partial charge in [-0.1, -0.05) is 0 Å². The number of nitrogens with zero attached hydrogens (tertiary/aromatic N) is 2. The van der Waals surface area contributed by atoms with Crippen molar-refractivity contribution in [3.63, 3.8) is 0 Å². The molecule has 3 aliphatic carbocycles. The van der Waals surface area contributed by atoms with Gasteiger partial charge in [-0.25, -0.2) is 0 Å². The second-order valence-electron chi connectivity index (χ2n) is 5.88. The molecular formula is C13H19N3. The van der Waals surface area contributed by atoms with Crippen molar-refractivity contribution in [2.45, 2.75) is 31.8 Å². The molecule has 3 heteroatoms. The number of hydrogen-bond donors (Lipinski definition) is 1. The van der Waals surface area contributed by atoms with Crippen LogP contribution in [0, 0.1) is 23.7 Å². The van der Waals surface area contributed by atoms with E-state index in [9.17, 15) is 0 Å². The van der Waals surface area contributed by atoms with Crippen molar-refractivity contribution in [3.8, 4) is 0 Å². The van der Waals surface area contributed by atoms with Gasteiger partial charge in [0.05, 0.1) is 5.69 Å². The van der Waals surface area contributed by atoms with Crippen LogP contribution in [0.15, 0.2) is 12.3 Å². The fourth-order valence-electron chi connectivity index (χ4n) is 4.38. The van der Waals surface area contributed by atoms with Gasteiger partial charge in [-0.15, -0.1) is 0 Å². The molecule has 1 heterocycles. The highest BCUT2D eigenvalue weighted by Crippen LogP contribution is 2.65. The van der Waals surface area contributed by atoms with E-state index in [4.69, 9.17) is 0 Å². The first kappa shape index (κ1) is 9.23. The lowest BCUT2D eigenvalue weighted by Crippen LogP contribution is -2.22. The Morgan fingerprint density at radius 1 is 1.38 bits per heavy atom. The van der Waals surface area contributed by atoms with Gasteiger partial charge in [0.2, 0.25) is 0 Å². The van der Waals surface area contributed by atoms with E-state index in [2.05, 4.69) is 16.5 Å². The van der Waals surface area contributed by atoms with Gasteiger partial charge in [0.1, 0.15) is 0 Å². The summed E-state index contributed by atoms with van der Waals surface area (Å²) in [7, 11) is 1.98. The number of rotatable bonds is 3.